The minimum absolute atomic E-state index is 0. The van der Waals surface area contributed by atoms with Crippen LogP contribution in [0, 0.1) is 0 Å². The van der Waals surface area contributed by atoms with Crippen molar-refractivity contribution in [3.05, 3.63) is 42.2 Å². The van der Waals surface area contributed by atoms with E-state index in [1.807, 2.05) is 0 Å². The SMILES string of the molecule is Cl.FC(F)(F)Oc1ccc(-c2nccc(C(F)(F)F)n2)cc1.O=S(O)O. The van der Waals surface area contributed by atoms with E-state index in [0.29, 0.717) is 6.07 Å². The first-order valence-corrected chi connectivity index (χ1v) is 7.01. The summed E-state index contributed by atoms with van der Waals surface area (Å²) in [4.78, 5) is 6.97. The van der Waals surface area contributed by atoms with Gasteiger partial charge >= 0.3 is 12.5 Å². The lowest BCUT2D eigenvalue weighted by Crippen LogP contribution is -2.17. The summed E-state index contributed by atoms with van der Waals surface area (Å²) in [6, 6.07) is 4.90. The standard InChI is InChI=1S/C12H6F6N2O.ClH.H2O3S/c13-11(14,15)9-5-6-19-10(20-9)7-1-3-8(4-2-7)21-12(16,17)18;;1-4(2)3/h1-6H;1H;(H2,1,2,3). The molecule has 0 saturated heterocycles. The second-order valence-corrected chi connectivity index (χ2v) is 4.53. The number of nitrogens with zero attached hydrogens (tertiary/aromatic N) is 2. The Morgan fingerprint density at radius 2 is 1.46 bits per heavy atom. The summed E-state index contributed by atoms with van der Waals surface area (Å²) < 4.78 is 99.9. The maximum atomic E-state index is 12.5. The van der Waals surface area contributed by atoms with Gasteiger partial charge in [0.25, 0.3) is 11.4 Å². The predicted molar refractivity (Wildman–Crippen MR) is 79.8 cm³/mol. The molecule has 0 aliphatic rings. The van der Waals surface area contributed by atoms with E-state index in [0.717, 1.165) is 30.5 Å². The Balaban J connectivity index is 0.00000113. The monoisotopic (exact) mass is 426 g/mol. The van der Waals surface area contributed by atoms with Gasteiger partial charge in [-0.3, -0.25) is 9.11 Å². The molecule has 2 N–H and O–H groups in total. The number of hydrogen-bond acceptors (Lipinski definition) is 4. The average Bonchev–Trinajstić information content (AvgIpc) is 2.45. The zero-order valence-corrected chi connectivity index (χ0v) is 13.8. The van der Waals surface area contributed by atoms with Crippen molar-refractivity contribution in [2.24, 2.45) is 0 Å². The maximum absolute atomic E-state index is 12.5. The highest BCUT2D eigenvalue weighted by Gasteiger charge is 2.33. The van der Waals surface area contributed by atoms with Gasteiger partial charge in [-0.1, -0.05) is 0 Å². The number of halogens is 7. The smallest absolute Gasteiger partial charge is 0.406 e. The van der Waals surface area contributed by atoms with Crippen molar-refractivity contribution in [1.82, 2.24) is 9.97 Å². The molecule has 0 spiro atoms. The molecule has 0 aliphatic heterocycles. The fourth-order valence-electron chi connectivity index (χ4n) is 1.46. The highest BCUT2D eigenvalue weighted by atomic mass is 35.5. The Labute approximate surface area is 150 Å². The average molecular weight is 427 g/mol. The van der Waals surface area contributed by atoms with Crippen molar-refractivity contribution in [1.29, 1.82) is 0 Å². The molecule has 0 saturated carbocycles. The van der Waals surface area contributed by atoms with Gasteiger partial charge in [0, 0.05) is 11.8 Å². The third-order valence-corrected chi connectivity index (χ3v) is 2.29. The lowest BCUT2D eigenvalue weighted by Gasteiger charge is -2.09. The van der Waals surface area contributed by atoms with Crippen LogP contribution in [0.4, 0.5) is 26.3 Å². The molecule has 6 nitrogen and oxygen atoms in total. The van der Waals surface area contributed by atoms with Crippen molar-refractivity contribution in [2.45, 2.75) is 12.5 Å². The zero-order chi connectivity index (χ0) is 19.3. The summed E-state index contributed by atoms with van der Waals surface area (Å²) >= 11 is -2.61. The van der Waals surface area contributed by atoms with Gasteiger partial charge in [0.05, 0.1) is 0 Å². The third-order valence-electron chi connectivity index (χ3n) is 2.29. The van der Waals surface area contributed by atoms with E-state index >= 15 is 0 Å². The molecule has 2 rings (SSSR count). The summed E-state index contributed by atoms with van der Waals surface area (Å²) in [7, 11) is 0. The number of aromatic nitrogens is 2. The van der Waals surface area contributed by atoms with Crippen LogP contribution in [0.25, 0.3) is 11.4 Å². The fourth-order valence-corrected chi connectivity index (χ4v) is 1.46. The van der Waals surface area contributed by atoms with Crippen LogP contribution >= 0.6 is 12.4 Å². The van der Waals surface area contributed by atoms with E-state index < -0.39 is 35.3 Å². The summed E-state index contributed by atoms with van der Waals surface area (Å²) in [5, 5.41) is 0. The zero-order valence-electron chi connectivity index (χ0n) is 12.2. The first-order chi connectivity index (χ1) is 11.4. The lowest BCUT2D eigenvalue weighted by atomic mass is 10.2. The van der Waals surface area contributed by atoms with Gasteiger partial charge in [0.15, 0.2) is 5.82 Å². The van der Waals surface area contributed by atoms with E-state index in [-0.39, 0.29) is 23.8 Å². The topological polar surface area (TPSA) is 92.5 Å². The molecule has 0 amide bonds. The molecule has 26 heavy (non-hydrogen) atoms. The van der Waals surface area contributed by atoms with Gasteiger partial charge in [-0.05, 0) is 30.3 Å². The Kier molecular flexibility index (Phi) is 8.93. The van der Waals surface area contributed by atoms with Crippen LogP contribution in [-0.2, 0) is 17.5 Å². The van der Waals surface area contributed by atoms with Gasteiger partial charge in [0.2, 0.25) is 0 Å². The Hall–Kier alpha value is -1.96. The normalized spacial score (nSPS) is 11.3. The number of benzene rings is 1. The summed E-state index contributed by atoms with van der Waals surface area (Å²) in [5.74, 6) is -0.735. The van der Waals surface area contributed by atoms with Gasteiger partial charge in [-0.15, -0.1) is 25.6 Å². The van der Waals surface area contributed by atoms with Crippen LogP contribution in [0.15, 0.2) is 36.5 Å². The van der Waals surface area contributed by atoms with Gasteiger partial charge in [-0.25, -0.2) is 9.97 Å². The molecule has 0 bridgehead atoms. The fraction of sp³-hybridized carbons (Fsp3) is 0.167. The number of ether oxygens (including phenoxy) is 1. The molecular formula is C12H9ClF6N2O4S. The molecule has 1 heterocycles. The molecule has 2 aromatic rings. The lowest BCUT2D eigenvalue weighted by molar-refractivity contribution is -0.274. The van der Waals surface area contributed by atoms with E-state index in [9.17, 15) is 26.3 Å². The summed E-state index contributed by atoms with van der Waals surface area (Å²) in [6.45, 7) is 0. The minimum atomic E-state index is -4.84. The molecule has 1 aromatic heterocycles. The van der Waals surface area contributed by atoms with Crippen molar-refractivity contribution in [2.75, 3.05) is 0 Å². The largest absolute Gasteiger partial charge is 0.573 e. The number of alkyl halides is 6. The molecule has 0 fully saturated rings. The molecule has 14 heteroatoms. The molecule has 0 unspecified atom stereocenters. The third kappa shape index (κ3) is 8.94. The molecular weight excluding hydrogens is 418 g/mol. The van der Waals surface area contributed by atoms with E-state index in [4.69, 9.17) is 13.3 Å². The van der Waals surface area contributed by atoms with Crippen LogP contribution in [0.1, 0.15) is 5.69 Å². The van der Waals surface area contributed by atoms with Crippen LogP contribution in [0.2, 0.25) is 0 Å². The molecule has 0 radical (unpaired) electrons. The van der Waals surface area contributed by atoms with Crippen LogP contribution in [-0.4, -0.2) is 29.6 Å². The van der Waals surface area contributed by atoms with E-state index in [2.05, 4.69) is 14.7 Å². The second-order valence-electron chi connectivity index (χ2n) is 4.07. The molecule has 0 atom stereocenters. The summed E-state index contributed by atoms with van der Waals surface area (Å²) in [6.07, 6.45) is -8.55. The first kappa shape index (κ1) is 24.0. The van der Waals surface area contributed by atoms with Gasteiger partial charge in [-0.2, -0.15) is 17.4 Å². The predicted octanol–water partition coefficient (Wildman–Crippen LogP) is 4.16. The Morgan fingerprint density at radius 1 is 0.962 bits per heavy atom. The highest BCUT2D eigenvalue weighted by molar-refractivity contribution is 7.73. The van der Waals surface area contributed by atoms with Gasteiger partial charge in [0.1, 0.15) is 11.4 Å². The van der Waals surface area contributed by atoms with Crippen molar-refractivity contribution < 1.29 is 44.4 Å². The Morgan fingerprint density at radius 3 is 1.88 bits per heavy atom. The quantitative estimate of drug-likeness (QED) is 0.553. The van der Waals surface area contributed by atoms with Crippen molar-refractivity contribution in [3.8, 4) is 17.1 Å². The molecule has 0 aliphatic carbocycles. The highest BCUT2D eigenvalue weighted by Crippen LogP contribution is 2.29. The van der Waals surface area contributed by atoms with E-state index in [1.54, 1.807) is 0 Å². The maximum Gasteiger partial charge on any atom is 0.573 e. The minimum Gasteiger partial charge on any atom is -0.406 e. The summed E-state index contributed by atoms with van der Waals surface area (Å²) in [5.41, 5.74) is -1.00. The number of hydrogen-bond donors (Lipinski definition) is 2. The van der Waals surface area contributed by atoms with Crippen LogP contribution in [0.5, 0.6) is 5.75 Å². The van der Waals surface area contributed by atoms with Crippen LogP contribution in [0.3, 0.4) is 0 Å². The van der Waals surface area contributed by atoms with Gasteiger partial charge < -0.3 is 4.74 Å². The van der Waals surface area contributed by atoms with E-state index in [1.165, 1.54) is 0 Å². The second kappa shape index (κ2) is 9.66. The van der Waals surface area contributed by atoms with Crippen LogP contribution < -0.4 is 4.74 Å². The first-order valence-electron chi connectivity index (χ1n) is 5.95. The molecule has 1 aromatic carbocycles. The number of rotatable bonds is 2. The van der Waals surface area contributed by atoms with Crippen molar-refractivity contribution >= 4 is 23.8 Å². The Bertz CT molecular complexity index is 723. The van der Waals surface area contributed by atoms with Crippen molar-refractivity contribution in [3.63, 3.8) is 0 Å². The molecule has 146 valence electrons.